The molecule has 1 atom stereocenters. The van der Waals surface area contributed by atoms with E-state index in [2.05, 4.69) is 0 Å². The van der Waals surface area contributed by atoms with Crippen molar-refractivity contribution in [2.45, 2.75) is 19.0 Å². The topological polar surface area (TPSA) is 90.0 Å². The zero-order chi connectivity index (χ0) is 20.9. The van der Waals surface area contributed by atoms with Crippen LogP contribution in [0.5, 0.6) is 5.75 Å². The molecular formula is C21H23NO6S. The van der Waals surface area contributed by atoms with Gasteiger partial charge in [-0.3, -0.25) is 4.79 Å². The van der Waals surface area contributed by atoms with E-state index in [1.165, 1.54) is 12.0 Å². The minimum atomic E-state index is -3.16. The van der Waals surface area contributed by atoms with E-state index >= 15 is 0 Å². The number of carbonyl (C=O) groups excluding carboxylic acids is 2. The van der Waals surface area contributed by atoms with Gasteiger partial charge >= 0.3 is 5.97 Å². The fourth-order valence-electron chi connectivity index (χ4n) is 3.24. The molecular weight excluding hydrogens is 394 g/mol. The Bertz CT molecular complexity index is 956. The molecule has 0 radical (unpaired) electrons. The maximum Gasteiger partial charge on any atom is 0.338 e. The van der Waals surface area contributed by atoms with Gasteiger partial charge in [0.05, 0.1) is 24.2 Å². The number of hydrogen-bond acceptors (Lipinski definition) is 6. The Morgan fingerprint density at radius 3 is 2.34 bits per heavy atom. The van der Waals surface area contributed by atoms with Crippen molar-refractivity contribution in [3.63, 3.8) is 0 Å². The largest absolute Gasteiger partial charge is 0.497 e. The average molecular weight is 417 g/mol. The summed E-state index contributed by atoms with van der Waals surface area (Å²) in [5, 5.41) is 0. The molecule has 1 heterocycles. The molecule has 3 rings (SSSR count). The van der Waals surface area contributed by atoms with Crippen molar-refractivity contribution in [1.29, 1.82) is 0 Å². The lowest BCUT2D eigenvalue weighted by molar-refractivity contribution is -0.137. The molecule has 2 aromatic rings. The highest BCUT2D eigenvalue weighted by atomic mass is 32.2. The highest BCUT2D eigenvalue weighted by Gasteiger charge is 2.35. The van der Waals surface area contributed by atoms with E-state index in [0.29, 0.717) is 17.7 Å². The molecule has 0 aromatic heterocycles. The predicted octanol–water partition coefficient (Wildman–Crippen LogP) is 2.07. The molecule has 1 aliphatic rings. The van der Waals surface area contributed by atoms with Crippen LogP contribution in [0, 0.1) is 0 Å². The van der Waals surface area contributed by atoms with Crippen LogP contribution in [-0.2, 0) is 25.9 Å². The van der Waals surface area contributed by atoms with Crippen LogP contribution in [0.1, 0.15) is 22.3 Å². The van der Waals surface area contributed by atoms with Gasteiger partial charge in [0.1, 0.15) is 5.75 Å². The third-order valence-corrected chi connectivity index (χ3v) is 6.57. The fourth-order valence-corrected chi connectivity index (χ4v) is 4.97. The van der Waals surface area contributed by atoms with Crippen LogP contribution in [-0.4, -0.2) is 56.5 Å². The lowest BCUT2D eigenvalue weighted by Gasteiger charge is -2.28. The van der Waals surface area contributed by atoms with E-state index in [1.54, 1.807) is 24.3 Å². The van der Waals surface area contributed by atoms with Crippen molar-refractivity contribution in [2.24, 2.45) is 0 Å². The van der Waals surface area contributed by atoms with E-state index in [1.807, 2.05) is 30.3 Å². The first-order chi connectivity index (χ1) is 13.9. The number of rotatable bonds is 7. The van der Waals surface area contributed by atoms with Gasteiger partial charge in [-0.1, -0.05) is 30.3 Å². The number of ether oxygens (including phenoxy) is 2. The number of hydrogen-bond donors (Lipinski definition) is 0. The molecule has 0 N–H and O–H groups in total. The second kappa shape index (κ2) is 9.09. The molecule has 154 valence electrons. The Hall–Kier alpha value is -2.87. The van der Waals surface area contributed by atoms with Gasteiger partial charge in [-0.25, -0.2) is 13.2 Å². The summed E-state index contributed by atoms with van der Waals surface area (Å²) in [6, 6.07) is 15.3. The number of benzene rings is 2. The number of methoxy groups -OCH3 is 1. The molecule has 0 aliphatic carbocycles. The Balaban J connectivity index is 1.67. The van der Waals surface area contributed by atoms with Gasteiger partial charge in [-0.05, 0) is 36.2 Å². The fraction of sp³-hybridized carbons (Fsp3) is 0.333. The van der Waals surface area contributed by atoms with Gasteiger partial charge in [-0.2, -0.15) is 0 Å². The van der Waals surface area contributed by atoms with Crippen LogP contribution in [0.25, 0.3) is 0 Å². The highest BCUT2D eigenvalue weighted by Crippen LogP contribution is 2.21. The first kappa shape index (κ1) is 20.9. The number of sulfone groups is 1. The van der Waals surface area contributed by atoms with Crippen molar-refractivity contribution >= 4 is 21.7 Å². The first-order valence-corrected chi connectivity index (χ1v) is 11.0. The summed E-state index contributed by atoms with van der Waals surface area (Å²) >= 11 is 0. The molecule has 0 spiro atoms. The molecule has 2 aromatic carbocycles. The number of esters is 1. The van der Waals surface area contributed by atoms with Crippen molar-refractivity contribution in [3.05, 3.63) is 65.7 Å². The maximum absolute atomic E-state index is 12.8. The van der Waals surface area contributed by atoms with E-state index in [0.717, 1.165) is 5.56 Å². The van der Waals surface area contributed by atoms with Crippen LogP contribution in [0.4, 0.5) is 0 Å². The second-order valence-corrected chi connectivity index (χ2v) is 9.10. The summed E-state index contributed by atoms with van der Waals surface area (Å²) in [5.41, 5.74) is 1.18. The van der Waals surface area contributed by atoms with Gasteiger partial charge in [0, 0.05) is 12.6 Å². The summed E-state index contributed by atoms with van der Waals surface area (Å²) in [5.74, 6) is -0.452. The Kier molecular flexibility index (Phi) is 6.53. The summed E-state index contributed by atoms with van der Waals surface area (Å²) in [4.78, 5) is 26.5. The number of carbonyl (C=O) groups is 2. The van der Waals surface area contributed by atoms with E-state index < -0.39 is 34.4 Å². The van der Waals surface area contributed by atoms with E-state index in [9.17, 15) is 18.0 Å². The standard InChI is InChI=1S/C21H23NO6S/c1-27-19-9-7-17(8-10-19)21(24)28-14-20(23)22(13-16-5-3-2-4-6-16)18-11-12-29(25,26)15-18/h2-10,18H,11-15H2,1H3/t18-/m0/s1. The van der Waals surface area contributed by atoms with Gasteiger partial charge in [0.25, 0.3) is 5.91 Å². The SMILES string of the molecule is COc1ccc(C(=O)OCC(=O)N(Cc2ccccc2)[C@H]2CCS(=O)(=O)C2)cc1. The maximum atomic E-state index is 12.8. The van der Waals surface area contributed by atoms with Gasteiger partial charge < -0.3 is 14.4 Å². The summed E-state index contributed by atoms with van der Waals surface area (Å²) in [6.45, 7) is -0.186. The zero-order valence-electron chi connectivity index (χ0n) is 16.1. The van der Waals surface area contributed by atoms with Crippen molar-refractivity contribution < 1.29 is 27.5 Å². The van der Waals surface area contributed by atoms with Crippen molar-refractivity contribution in [3.8, 4) is 5.75 Å². The highest BCUT2D eigenvalue weighted by molar-refractivity contribution is 7.91. The number of nitrogens with zero attached hydrogens (tertiary/aromatic N) is 1. The molecule has 29 heavy (non-hydrogen) atoms. The minimum absolute atomic E-state index is 0.0574. The summed E-state index contributed by atoms with van der Waals surface area (Å²) in [7, 11) is -1.64. The van der Waals surface area contributed by atoms with Gasteiger partial charge in [0.15, 0.2) is 16.4 Å². The van der Waals surface area contributed by atoms with Crippen LogP contribution < -0.4 is 4.74 Å². The lowest BCUT2D eigenvalue weighted by Crippen LogP contribution is -2.42. The van der Waals surface area contributed by atoms with E-state index in [-0.39, 0.29) is 18.1 Å². The molecule has 1 saturated heterocycles. The summed E-state index contributed by atoms with van der Waals surface area (Å²) < 4.78 is 34.0. The van der Waals surface area contributed by atoms with Crippen LogP contribution in [0.2, 0.25) is 0 Å². The molecule has 7 nitrogen and oxygen atoms in total. The van der Waals surface area contributed by atoms with Crippen LogP contribution >= 0.6 is 0 Å². The Labute approximate surface area is 170 Å². The monoisotopic (exact) mass is 417 g/mol. The van der Waals surface area contributed by atoms with E-state index in [4.69, 9.17) is 9.47 Å². The smallest absolute Gasteiger partial charge is 0.338 e. The Morgan fingerprint density at radius 1 is 1.07 bits per heavy atom. The van der Waals surface area contributed by atoms with Crippen molar-refractivity contribution in [2.75, 3.05) is 25.2 Å². The predicted molar refractivity (Wildman–Crippen MR) is 107 cm³/mol. The third kappa shape index (κ3) is 5.57. The molecule has 1 fully saturated rings. The Morgan fingerprint density at radius 2 is 1.76 bits per heavy atom. The second-order valence-electron chi connectivity index (χ2n) is 6.87. The zero-order valence-corrected chi connectivity index (χ0v) is 16.9. The van der Waals surface area contributed by atoms with Gasteiger partial charge in [-0.15, -0.1) is 0 Å². The van der Waals surface area contributed by atoms with Crippen LogP contribution in [0.15, 0.2) is 54.6 Å². The number of amides is 1. The quantitative estimate of drug-likeness (QED) is 0.641. The molecule has 8 heteroatoms. The first-order valence-electron chi connectivity index (χ1n) is 9.23. The average Bonchev–Trinajstić information content (AvgIpc) is 3.10. The van der Waals surface area contributed by atoms with Crippen molar-refractivity contribution in [1.82, 2.24) is 4.90 Å². The molecule has 0 bridgehead atoms. The normalized spacial score (nSPS) is 17.5. The third-order valence-electron chi connectivity index (χ3n) is 4.82. The minimum Gasteiger partial charge on any atom is -0.497 e. The lowest BCUT2D eigenvalue weighted by atomic mass is 10.1. The molecule has 0 saturated carbocycles. The summed E-state index contributed by atoms with van der Waals surface area (Å²) in [6.07, 6.45) is 0.382. The molecule has 1 aliphatic heterocycles. The molecule has 1 amide bonds. The van der Waals surface area contributed by atoms with Crippen LogP contribution in [0.3, 0.4) is 0 Å². The van der Waals surface area contributed by atoms with Gasteiger partial charge in [0.2, 0.25) is 0 Å². The molecule has 0 unspecified atom stereocenters.